The minimum atomic E-state index is -4.08. The maximum atomic E-state index is 12.6. The Balaban J connectivity index is 2.43. The van der Waals surface area contributed by atoms with Gasteiger partial charge in [0.2, 0.25) is 5.82 Å². The van der Waals surface area contributed by atoms with E-state index in [0.717, 1.165) is 6.34 Å². The highest BCUT2D eigenvalue weighted by atomic mass is 35.5. The van der Waals surface area contributed by atoms with Crippen molar-refractivity contribution in [1.29, 1.82) is 0 Å². The van der Waals surface area contributed by atoms with Gasteiger partial charge in [-0.05, 0) is 12.1 Å². The number of aromatic nitrogens is 2. The van der Waals surface area contributed by atoms with Crippen LogP contribution in [0, 0.1) is 0 Å². The summed E-state index contributed by atoms with van der Waals surface area (Å²) in [4.78, 5) is 7.91. The maximum Gasteiger partial charge on any atom is 0.264 e. The zero-order valence-electron chi connectivity index (χ0n) is 13.4. The second-order valence-corrected chi connectivity index (χ2v) is 6.97. The van der Waals surface area contributed by atoms with E-state index in [4.69, 9.17) is 33.7 Å². The molecule has 2 aromatic rings. The smallest absolute Gasteiger partial charge is 0.264 e. The quantitative estimate of drug-likeness (QED) is 0.403. The minimum absolute atomic E-state index is 0.0942. The molecule has 1 heterocycles. The van der Waals surface area contributed by atoms with Gasteiger partial charge in [0, 0.05) is 6.20 Å². The number of ether oxygens (including phenoxy) is 1. The van der Waals surface area contributed by atoms with Gasteiger partial charge < -0.3 is 10.5 Å². The summed E-state index contributed by atoms with van der Waals surface area (Å²) in [6, 6.07) is 4.24. The van der Waals surface area contributed by atoms with Crippen molar-refractivity contribution in [3.8, 4) is 5.88 Å². The van der Waals surface area contributed by atoms with Crippen LogP contribution < -0.4 is 20.2 Å². The number of hydrogen-bond donors (Lipinski definition) is 2. The summed E-state index contributed by atoms with van der Waals surface area (Å²) in [5.41, 5.74) is 5.24. The van der Waals surface area contributed by atoms with Crippen LogP contribution in [0.25, 0.3) is 0 Å². The van der Waals surface area contributed by atoms with Gasteiger partial charge in [0.25, 0.3) is 15.9 Å². The summed E-state index contributed by atoms with van der Waals surface area (Å²) in [6.45, 7) is 3.56. The molecule has 0 aliphatic rings. The fourth-order valence-corrected chi connectivity index (χ4v) is 3.60. The molecule has 0 radical (unpaired) electrons. The van der Waals surface area contributed by atoms with Crippen LogP contribution in [0.1, 0.15) is 0 Å². The third-order valence-electron chi connectivity index (χ3n) is 2.96. The molecular weight excluding hydrogens is 403 g/mol. The Morgan fingerprint density at radius 1 is 1.42 bits per heavy atom. The Morgan fingerprint density at radius 2 is 2.15 bits per heavy atom. The standard InChI is InChI=1S/C14H14Cl2N6O3S/c1-3-22(19-8-17)11-7-18-13(14(20-11)25-2)21-26(23,24)10-6-4-5-9(15)12(10)16/h3-8H,1H2,2H3,(H2,17,19)(H,18,21). The van der Waals surface area contributed by atoms with E-state index in [1.807, 2.05) is 0 Å². The van der Waals surface area contributed by atoms with Crippen molar-refractivity contribution in [2.24, 2.45) is 10.8 Å². The van der Waals surface area contributed by atoms with Crippen LogP contribution in [0.3, 0.4) is 0 Å². The molecule has 0 saturated carbocycles. The highest BCUT2D eigenvalue weighted by molar-refractivity contribution is 7.92. The van der Waals surface area contributed by atoms with Crippen molar-refractivity contribution in [2.75, 3.05) is 16.8 Å². The van der Waals surface area contributed by atoms with Crippen molar-refractivity contribution in [2.45, 2.75) is 4.90 Å². The van der Waals surface area contributed by atoms with E-state index in [2.05, 4.69) is 26.4 Å². The van der Waals surface area contributed by atoms with Crippen molar-refractivity contribution in [1.82, 2.24) is 9.97 Å². The molecule has 12 heteroatoms. The van der Waals surface area contributed by atoms with Gasteiger partial charge in [0.05, 0.1) is 23.4 Å². The molecule has 0 unspecified atom stereocenters. The van der Waals surface area contributed by atoms with Gasteiger partial charge >= 0.3 is 0 Å². The molecule has 9 nitrogen and oxygen atoms in total. The van der Waals surface area contributed by atoms with Crippen LogP contribution in [0.15, 0.2) is 47.2 Å². The van der Waals surface area contributed by atoms with E-state index in [0.29, 0.717) is 0 Å². The molecule has 0 spiro atoms. The number of nitrogens with two attached hydrogens (primary N) is 1. The van der Waals surface area contributed by atoms with Crippen LogP contribution in [0.4, 0.5) is 11.6 Å². The predicted octanol–water partition coefficient (Wildman–Crippen LogP) is 2.44. The molecule has 1 aromatic heterocycles. The number of nitrogens with one attached hydrogen (secondary N) is 1. The van der Waals surface area contributed by atoms with Crippen LogP contribution >= 0.6 is 23.2 Å². The SMILES string of the molecule is C=CN(/N=C\N)c1cnc(NS(=O)(=O)c2cccc(Cl)c2Cl)c(OC)n1. The lowest BCUT2D eigenvalue weighted by atomic mass is 10.4. The fraction of sp³-hybridized carbons (Fsp3) is 0.0714. The first-order valence-corrected chi connectivity index (χ1v) is 9.11. The Labute approximate surface area is 160 Å². The number of anilines is 2. The Kier molecular flexibility index (Phi) is 6.24. The lowest BCUT2D eigenvalue weighted by molar-refractivity contribution is 0.398. The summed E-state index contributed by atoms with van der Waals surface area (Å²) >= 11 is 11.8. The third kappa shape index (κ3) is 4.15. The number of methoxy groups -OCH3 is 1. The van der Waals surface area contributed by atoms with E-state index in [9.17, 15) is 8.42 Å². The van der Waals surface area contributed by atoms with Gasteiger partial charge in [0.15, 0.2) is 5.82 Å². The summed E-state index contributed by atoms with van der Waals surface area (Å²) in [5.74, 6) is -0.0291. The minimum Gasteiger partial charge on any atom is -0.478 e. The molecular formula is C14H14Cl2N6O3S. The lowest BCUT2D eigenvalue weighted by Gasteiger charge is -2.15. The number of halogens is 2. The number of hydrazone groups is 1. The summed E-state index contributed by atoms with van der Waals surface area (Å²) in [7, 11) is -2.77. The van der Waals surface area contributed by atoms with E-state index in [-0.39, 0.29) is 32.5 Å². The normalized spacial score (nSPS) is 11.3. The molecule has 3 N–H and O–H groups in total. The first-order valence-electron chi connectivity index (χ1n) is 6.88. The molecule has 1 aromatic carbocycles. The fourth-order valence-electron chi connectivity index (χ4n) is 1.83. The highest BCUT2D eigenvalue weighted by Crippen LogP contribution is 2.31. The van der Waals surface area contributed by atoms with Crippen LogP contribution in [0.2, 0.25) is 10.0 Å². The second-order valence-electron chi connectivity index (χ2n) is 4.54. The molecule has 0 fully saturated rings. The topological polar surface area (TPSA) is 123 Å². The average Bonchev–Trinajstić information content (AvgIpc) is 2.62. The Morgan fingerprint density at radius 3 is 2.77 bits per heavy atom. The first-order chi connectivity index (χ1) is 12.3. The number of hydrogen-bond acceptors (Lipinski definition) is 7. The summed E-state index contributed by atoms with van der Waals surface area (Å²) in [6.07, 6.45) is 3.63. The number of rotatable bonds is 7. The molecule has 0 aliphatic carbocycles. The van der Waals surface area contributed by atoms with Crippen LogP contribution in [-0.2, 0) is 10.0 Å². The summed E-state index contributed by atoms with van der Waals surface area (Å²) < 4.78 is 32.5. The van der Waals surface area contributed by atoms with Crippen molar-refractivity contribution < 1.29 is 13.2 Å². The molecule has 26 heavy (non-hydrogen) atoms. The van der Waals surface area contributed by atoms with E-state index < -0.39 is 10.0 Å². The van der Waals surface area contributed by atoms with Crippen molar-refractivity contribution in [3.63, 3.8) is 0 Å². The Bertz CT molecular complexity index is 952. The third-order valence-corrected chi connectivity index (χ3v) is 5.27. The predicted molar refractivity (Wildman–Crippen MR) is 101 cm³/mol. The van der Waals surface area contributed by atoms with Crippen molar-refractivity contribution >= 4 is 51.2 Å². The second kappa shape index (κ2) is 8.21. The molecule has 0 bridgehead atoms. The maximum absolute atomic E-state index is 12.6. The molecule has 0 amide bonds. The van der Waals surface area contributed by atoms with Gasteiger partial charge in [-0.1, -0.05) is 35.8 Å². The highest BCUT2D eigenvalue weighted by Gasteiger charge is 2.23. The zero-order valence-corrected chi connectivity index (χ0v) is 15.8. The molecule has 2 rings (SSSR count). The summed E-state index contributed by atoms with van der Waals surface area (Å²) in [5, 5.41) is 5.01. The lowest BCUT2D eigenvalue weighted by Crippen LogP contribution is -2.17. The molecule has 138 valence electrons. The van der Waals surface area contributed by atoms with Gasteiger partial charge in [-0.3, -0.25) is 4.72 Å². The molecule has 0 saturated heterocycles. The molecule has 0 aliphatic heterocycles. The van der Waals surface area contributed by atoms with E-state index in [1.54, 1.807) is 0 Å². The van der Waals surface area contributed by atoms with Gasteiger partial charge in [-0.2, -0.15) is 10.1 Å². The van der Waals surface area contributed by atoms with Gasteiger partial charge in [0.1, 0.15) is 11.2 Å². The van der Waals surface area contributed by atoms with Gasteiger partial charge in [-0.25, -0.2) is 18.4 Å². The number of nitrogens with zero attached hydrogens (tertiary/aromatic N) is 4. The monoisotopic (exact) mass is 416 g/mol. The largest absolute Gasteiger partial charge is 0.478 e. The van der Waals surface area contributed by atoms with Crippen LogP contribution in [0.5, 0.6) is 5.88 Å². The Hall–Kier alpha value is -2.56. The van der Waals surface area contributed by atoms with E-state index in [1.165, 1.54) is 42.7 Å². The number of sulfonamides is 1. The average molecular weight is 417 g/mol. The van der Waals surface area contributed by atoms with Crippen LogP contribution in [-0.4, -0.2) is 31.8 Å². The van der Waals surface area contributed by atoms with Gasteiger partial charge in [-0.15, -0.1) is 0 Å². The van der Waals surface area contributed by atoms with E-state index >= 15 is 0 Å². The van der Waals surface area contributed by atoms with Crippen molar-refractivity contribution in [3.05, 3.63) is 47.2 Å². The number of benzene rings is 1. The first kappa shape index (κ1) is 19.8. The zero-order chi connectivity index (χ0) is 19.3. The molecule has 0 atom stereocenters.